The maximum Gasteiger partial charge on any atom is 0.472 e. The molecule has 0 rings (SSSR count). The van der Waals surface area contributed by atoms with E-state index >= 15 is 0 Å². The predicted octanol–water partition coefficient (Wildman–Crippen LogP) is 23.4. The van der Waals surface area contributed by atoms with Crippen LogP contribution in [0, 0.1) is 0 Å². The van der Waals surface area contributed by atoms with Crippen molar-refractivity contribution in [3.63, 3.8) is 0 Å². The number of carbonyl (C=O) groups is 4. The Hall–Kier alpha value is -5.06. The molecule has 0 aromatic carbocycles. The summed E-state index contributed by atoms with van der Waals surface area (Å²) in [6.07, 6.45) is 86.9. The van der Waals surface area contributed by atoms with E-state index in [0.29, 0.717) is 38.5 Å². The zero-order chi connectivity index (χ0) is 76.0. The third kappa shape index (κ3) is 75.2. The molecular weight excluding hydrogens is 1350 g/mol. The molecule has 17 nitrogen and oxygen atoms in total. The fourth-order valence-corrected chi connectivity index (χ4v) is 11.7. The van der Waals surface area contributed by atoms with Gasteiger partial charge >= 0.3 is 39.5 Å². The zero-order valence-corrected chi connectivity index (χ0v) is 66.7. The number of aliphatic hydroxyl groups excluding tert-OH is 1. The van der Waals surface area contributed by atoms with Gasteiger partial charge in [-0.3, -0.25) is 37.3 Å². The molecule has 2 unspecified atom stereocenters. The number of carbonyl (C=O) groups excluding carboxylic acids is 4. The van der Waals surface area contributed by atoms with E-state index in [1.807, 2.05) is 24.3 Å². The fraction of sp³-hybridized carbons (Fsp3) is 0.671. The first kappa shape index (κ1) is 98.9. The molecule has 594 valence electrons. The lowest BCUT2D eigenvalue weighted by atomic mass is 10.1. The van der Waals surface area contributed by atoms with E-state index in [0.717, 1.165) is 135 Å². The van der Waals surface area contributed by atoms with Gasteiger partial charge in [0.05, 0.1) is 26.4 Å². The molecule has 3 N–H and O–H groups in total. The minimum Gasteiger partial charge on any atom is -0.462 e. The zero-order valence-electron chi connectivity index (χ0n) is 64.9. The Bertz CT molecular complexity index is 2540. The van der Waals surface area contributed by atoms with Crippen molar-refractivity contribution in [1.29, 1.82) is 0 Å². The maximum absolute atomic E-state index is 13.1. The van der Waals surface area contributed by atoms with E-state index in [4.69, 9.17) is 37.0 Å². The summed E-state index contributed by atoms with van der Waals surface area (Å²) in [5.74, 6) is -2.34. The number of ether oxygens (including phenoxy) is 4. The van der Waals surface area contributed by atoms with Crippen molar-refractivity contribution < 1.29 is 80.2 Å². The van der Waals surface area contributed by atoms with Gasteiger partial charge in [0.15, 0.2) is 12.2 Å². The summed E-state index contributed by atoms with van der Waals surface area (Å²) in [4.78, 5) is 73.0. The number of hydrogen-bond donors (Lipinski definition) is 3. The van der Waals surface area contributed by atoms with Crippen molar-refractivity contribution in [2.45, 2.75) is 329 Å². The molecule has 0 heterocycles. The minimum absolute atomic E-state index is 0.0107. The van der Waals surface area contributed by atoms with Gasteiger partial charge < -0.3 is 33.8 Å². The Balaban J connectivity index is 5.50. The van der Waals surface area contributed by atoms with Crippen LogP contribution in [0.15, 0.2) is 146 Å². The maximum atomic E-state index is 13.1. The summed E-state index contributed by atoms with van der Waals surface area (Å²) in [5, 5.41) is 10.6. The fourth-order valence-electron chi connectivity index (χ4n) is 10.1. The van der Waals surface area contributed by atoms with Crippen LogP contribution in [0.3, 0.4) is 0 Å². The van der Waals surface area contributed by atoms with Crippen molar-refractivity contribution in [2.75, 3.05) is 39.6 Å². The smallest absolute Gasteiger partial charge is 0.462 e. The van der Waals surface area contributed by atoms with Gasteiger partial charge in [0, 0.05) is 25.7 Å². The van der Waals surface area contributed by atoms with Gasteiger partial charge in [0.25, 0.3) is 0 Å². The van der Waals surface area contributed by atoms with Crippen LogP contribution in [-0.2, 0) is 65.4 Å². The van der Waals surface area contributed by atoms with E-state index in [9.17, 15) is 43.2 Å². The Morgan fingerprint density at radius 1 is 0.279 bits per heavy atom. The van der Waals surface area contributed by atoms with Gasteiger partial charge in [-0.25, -0.2) is 9.13 Å². The topological polar surface area (TPSA) is 237 Å². The lowest BCUT2D eigenvalue weighted by molar-refractivity contribution is -0.161. The van der Waals surface area contributed by atoms with Gasteiger partial charge in [-0.2, -0.15) is 0 Å². The molecule has 0 spiro atoms. The molecule has 0 aromatic rings. The molecule has 0 fully saturated rings. The number of phosphoric acid groups is 2. The first-order valence-electron chi connectivity index (χ1n) is 40.1. The summed E-state index contributed by atoms with van der Waals surface area (Å²) in [6, 6.07) is 0. The highest BCUT2D eigenvalue weighted by atomic mass is 31.2. The summed E-state index contributed by atoms with van der Waals surface area (Å²) in [5.41, 5.74) is 0. The average molecular weight is 1500 g/mol. The van der Waals surface area contributed by atoms with Gasteiger partial charge in [0.1, 0.15) is 19.3 Å². The normalized spacial score (nSPS) is 14.6. The van der Waals surface area contributed by atoms with Crippen molar-refractivity contribution in [3.8, 4) is 0 Å². The van der Waals surface area contributed by atoms with Crippen LogP contribution in [0.1, 0.15) is 310 Å². The highest BCUT2D eigenvalue weighted by Gasteiger charge is 2.30. The molecule has 104 heavy (non-hydrogen) atoms. The predicted molar refractivity (Wildman–Crippen MR) is 427 cm³/mol. The first-order valence-corrected chi connectivity index (χ1v) is 43.1. The number of hydrogen-bond acceptors (Lipinski definition) is 15. The van der Waals surface area contributed by atoms with Crippen LogP contribution in [0.4, 0.5) is 0 Å². The molecule has 0 aliphatic heterocycles. The van der Waals surface area contributed by atoms with Crippen molar-refractivity contribution >= 4 is 39.5 Å². The number of allylic oxidation sites excluding steroid dienone is 24. The lowest BCUT2D eigenvalue weighted by Gasteiger charge is -2.21. The number of esters is 4. The third-order valence-corrected chi connectivity index (χ3v) is 18.2. The Labute approximate surface area is 630 Å². The van der Waals surface area contributed by atoms with Gasteiger partial charge in [-0.1, -0.05) is 270 Å². The molecule has 0 aliphatic rings. The summed E-state index contributed by atoms with van der Waals surface area (Å²) in [7, 11) is -10.0. The molecule has 0 bridgehead atoms. The van der Waals surface area contributed by atoms with E-state index < -0.39 is 97.5 Å². The largest absolute Gasteiger partial charge is 0.472 e. The SMILES string of the molecule is CCCCC/C=C\C/C=C\C/C=C\C/C=C\CCCC(=O)OC[C@H](COP(=O)(O)OC[C@@H](O)COP(=O)(O)OC[C@@H](COC(=O)CCCCCCC/C=C\C/C=C\CCCCC)OC(=O)CCC/C=C\C/C=C\C/C=C\C/C=C\CCCCC)OC(=O)CCCCCCC/C=C\C=C/CCCCCC. The summed E-state index contributed by atoms with van der Waals surface area (Å²) >= 11 is 0. The highest BCUT2D eigenvalue weighted by Crippen LogP contribution is 2.45. The molecule has 0 radical (unpaired) electrons. The summed E-state index contributed by atoms with van der Waals surface area (Å²) in [6.45, 7) is 4.61. The molecule has 0 saturated heterocycles. The Kier molecular flexibility index (Phi) is 72.4. The molecular formula is C85H142O17P2. The standard InChI is InChI=1S/C85H142O17P2/c1-5-9-13-17-21-25-29-33-37-39-43-46-50-54-58-62-66-70-83(88)96-76-80(101-84(89)71-67-63-59-55-51-47-42-36-32-28-24-20-16-12-8-4)77-99-103(91,92)97-73-79(86)74-98-104(93,94)100-78-81(75-95-82(87)69-65-61-57-53-49-45-41-35-31-27-23-19-15-11-7-3)102-85(90)72-68-64-60-56-52-48-44-40-38-34-30-26-22-18-14-10-6-2/h21-23,25-28,32-38,41-44,46,48,54,56,58,60,79-81,86H,5-20,24,29-31,39-40,45,47,49-53,55,57,59,61-78H2,1-4H3,(H,91,92)(H,93,94)/b25-21-,26-22-,27-23-,32-28-,37-33-,38-34-,41-35-,42-36-,46-43-,48-44-,58-54-,60-56-/t79-,80-,81-/m1/s1. The van der Waals surface area contributed by atoms with Crippen molar-refractivity contribution in [2.24, 2.45) is 0 Å². The highest BCUT2D eigenvalue weighted by molar-refractivity contribution is 7.47. The van der Waals surface area contributed by atoms with E-state index in [-0.39, 0.29) is 25.7 Å². The molecule has 0 aliphatic carbocycles. The van der Waals surface area contributed by atoms with Crippen LogP contribution in [0.5, 0.6) is 0 Å². The quantitative estimate of drug-likeness (QED) is 0.0128. The molecule has 5 atom stereocenters. The van der Waals surface area contributed by atoms with Crippen LogP contribution in [-0.4, -0.2) is 96.7 Å². The Morgan fingerprint density at radius 2 is 0.510 bits per heavy atom. The van der Waals surface area contributed by atoms with Crippen LogP contribution in [0.25, 0.3) is 0 Å². The molecule has 0 amide bonds. The van der Waals surface area contributed by atoms with Crippen LogP contribution >= 0.6 is 15.6 Å². The summed E-state index contributed by atoms with van der Waals surface area (Å²) < 4.78 is 68.5. The molecule has 0 aromatic heterocycles. The van der Waals surface area contributed by atoms with E-state index in [1.54, 1.807) is 0 Å². The number of aliphatic hydroxyl groups is 1. The van der Waals surface area contributed by atoms with Gasteiger partial charge in [-0.05, 0) is 161 Å². The van der Waals surface area contributed by atoms with Crippen molar-refractivity contribution in [3.05, 3.63) is 146 Å². The first-order chi connectivity index (χ1) is 50.7. The second-order valence-electron chi connectivity index (χ2n) is 26.3. The number of rotatable bonds is 74. The average Bonchev–Trinajstić information content (AvgIpc) is 0.909. The van der Waals surface area contributed by atoms with Crippen LogP contribution < -0.4 is 0 Å². The third-order valence-electron chi connectivity index (χ3n) is 16.3. The monoisotopic (exact) mass is 1500 g/mol. The number of unbranched alkanes of at least 4 members (excludes halogenated alkanes) is 25. The van der Waals surface area contributed by atoms with Gasteiger partial charge in [-0.15, -0.1) is 0 Å². The van der Waals surface area contributed by atoms with Crippen molar-refractivity contribution in [1.82, 2.24) is 0 Å². The van der Waals surface area contributed by atoms with Crippen LogP contribution in [0.2, 0.25) is 0 Å². The second kappa shape index (κ2) is 76.1. The Morgan fingerprint density at radius 3 is 0.846 bits per heavy atom. The molecule has 19 heteroatoms. The lowest BCUT2D eigenvalue weighted by Crippen LogP contribution is -2.30. The second-order valence-corrected chi connectivity index (χ2v) is 29.2. The van der Waals surface area contributed by atoms with E-state index in [2.05, 4.69) is 149 Å². The number of phosphoric ester groups is 2. The minimum atomic E-state index is -5.00. The van der Waals surface area contributed by atoms with E-state index in [1.165, 1.54) is 83.5 Å². The molecule has 0 saturated carbocycles. The van der Waals surface area contributed by atoms with Gasteiger partial charge in [0.2, 0.25) is 0 Å².